The summed E-state index contributed by atoms with van der Waals surface area (Å²) in [6.07, 6.45) is 3.59. The van der Waals surface area contributed by atoms with Gasteiger partial charge in [-0.2, -0.15) is 0 Å². The summed E-state index contributed by atoms with van der Waals surface area (Å²) >= 11 is 0. The van der Waals surface area contributed by atoms with Crippen molar-refractivity contribution in [3.8, 4) is 0 Å². The molecule has 0 saturated carbocycles. The fourth-order valence-electron chi connectivity index (χ4n) is 2.40. The molecular formula is C20H18NO2+. The van der Waals surface area contributed by atoms with Crippen LogP contribution in [0, 0.1) is 0 Å². The third-order valence-electron chi connectivity index (χ3n) is 3.58. The van der Waals surface area contributed by atoms with Crippen LogP contribution in [0.3, 0.4) is 0 Å². The molecule has 0 aliphatic carbocycles. The zero-order valence-corrected chi connectivity index (χ0v) is 12.7. The molecule has 23 heavy (non-hydrogen) atoms. The van der Waals surface area contributed by atoms with Gasteiger partial charge in [-0.15, -0.1) is 0 Å². The van der Waals surface area contributed by atoms with Crippen molar-refractivity contribution in [2.75, 3.05) is 0 Å². The normalized spacial score (nSPS) is 11.7. The van der Waals surface area contributed by atoms with E-state index in [0.29, 0.717) is 12.1 Å². The van der Waals surface area contributed by atoms with Crippen molar-refractivity contribution in [2.24, 2.45) is 0 Å². The molecule has 0 spiro atoms. The molecule has 1 atom stereocenters. The van der Waals surface area contributed by atoms with Gasteiger partial charge in [0.05, 0.1) is 5.56 Å². The molecule has 0 fully saturated rings. The average Bonchev–Trinajstić information content (AvgIpc) is 2.63. The summed E-state index contributed by atoms with van der Waals surface area (Å²) in [5, 5.41) is 0. The van der Waals surface area contributed by atoms with Gasteiger partial charge in [0, 0.05) is 12.1 Å². The van der Waals surface area contributed by atoms with Gasteiger partial charge in [-0.05, 0) is 17.7 Å². The molecule has 1 heterocycles. The van der Waals surface area contributed by atoms with E-state index < -0.39 is 0 Å². The average molecular weight is 304 g/mol. The Hall–Kier alpha value is -2.94. The Morgan fingerprint density at radius 2 is 1.39 bits per heavy atom. The van der Waals surface area contributed by atoms with Gasteiger partial charge in [0.1, 0.15) is 0 Å². The number of pyridine rings is 1. The minimum atomic E-state index is -0.337. The predicted molar refractivity (Wildman–Crippen MR) is 87.7 cm³/mol. The highest BCUT2D eigenvalue weighted by atomic mass is 16.5. The van der Waals surface area contributed by atoms with Crippen molar-refractivity contribution in [2.45, 2.75) is 12.6 Å². The van der Waals surface area contributed by atoms with Gasteiger partial charge >= 0.3 is 5.97 Å². The van der Waals surface area contributed by atoms with Crippen LogP contribution in [0.25, 0.3) is 0 Å². The van der Waals surface area contributed by atoms with Crippen LogP contribution in [-0.4, -0.2) is 5.97 Å². The molecule has 0 bridgehead atoms. The fourth-order valence-corrected chi connectivity index (χ4v) is 2.40. The Balaban J connectivity index is 1.82. The van der Waals surface area contributed by atoms with Crippen molar-refractivity contribution in [3.63, 3.8) is 0 Å². The first kappa shape index (κ1) is 15.0. The number of ether oxygens (including phenoxy) is 1. The monoisotopic (exact) mass is 304 g/mol. The molecule has 0 amide bonds. The summed E-state index contributed by atoms with van der Waals surface area (Å²) in [4.78, 5) is 12.4. The molecule has 0 saturated heterocycles. The van der Waals surface area contributed by atoms with E-state index in [4.69, 9.17) is 4.74 Å². The Morgan fingerprint density at radius 3 is 2.04 bits per heavy atom. The number of hydrogen-bond acceptors (Lipinski definition) is 2. The van der Waals surface area contributed by atoms with E-state index in [1.54, 1.807) is 12.1 Å². The largest absolute Gasteiger partial charge is 0.447 e. The molecule has 3 heteroatoms. The first-order valence-electron chi connectivity index (χ1n) is 7.58. The molecule has 0 aliphatic rings. The number of carbonyl (C=O) groups excluding carboxylic acids is 1. The molecule has 1 aromatic heterocycles. The van der Waals surface area contributed by atoms with Gasteiger partial charge in [0.15, 0.2) is 25.0 Å². The quantitative estimate of drug-likeness (QED) is 0.533. The molecule has 0 aliphatic heterocycles. The van der Waals surface area contributed by atoms with Crippen LogP contribution in [0.1, 0.15) is 22.0 Å². The molecular weight excluding hydrogens is 286 g/mol. The van der Waals surface area contributed by atoms with Crippen molar-refractivity contribution < 1.29 is 14.1 Å². The van der Waals surface area contributed by atoms with Crippen LogP contribution in [0.5, 0.6) is 0 Å². The third kappa shape index (κ3) is 4.04. The van der Waals surface area contributed by atoms with Crippen molar-refractivity contribution in [1.82, 2.24) is 0 Å². The lowest BCUT2D eigenvalue weighted by atomic mass is 10.1. The fraction of sp³-hybridized carbons (Fsp3) is 0.100. The first-order chi connectivity index (χ1) is 11.3. The molecule has 0 unspecified atom stereocenters. The molecule has 3 nitrogen and oxygen atoms in total. The van der Waals surface area contributed by atoms with Crippen molar-refractivity contribution in [1.29, 1.82) is 0 Å². The van der Waals surface area contributed by atoms with E-state index in [2.05, 4.69) is 0 Å². The molecule has 0 radical (unpaired) electrons. The van der Waals surface area contributed by atoms with Gasteiger partial charge in [-0.25, -0.2) is 9.36 Å². The number of esters is 1. The molecule has 0 N–H and O–H groups in total. The van der Waals surface area contributed by atoms with E-state index >= 15 is 0 Å². The van der Waals surface area contributed by atoms with Crippen LogP contribution >= 0.6 is 0 Å². The zero-order valence-electron chi connectivity index (χ0n) is 12.7. The molecule has 3 rings (SSSR count). The van der Waals surface area contributed by atoms with E-state index in [9.17, 15) is 4.79 Å². The zero-order chi connectivity index (χ0) is 15.9. The smallest absolute Gasteiger partial charge is 0.338 e. The maximum Gasteiger partial charge on any atom is 0.338 e. The Bertz CT molecular complexity index is 742. The SMILES string of the molecule is O=C(O[C@H](C[n+]1ccccc1)c1ccccc1)c1ccccc1. The summed E-state index contributed by atoms with van der Waals surface area (Å²) in [5.74, 6) is -0.309. The van der Waals surface area contributed by atoms with Crippen molar-refractivity contribution >= 4 is 5.97 Å². The van der Waals surface area contributed by atoms with E-state index in [0.717, 1.165) is 5.56 Å². The summed E-state index contributed by atoms with van der Waals surface area (Å²) in [7, 11) is 0. The van der Waals surface area contributed by atoms with Crippen LogP contribution in [0.4, 0.5) is 0 Å². The predicted octanol–water partition coefficient (Wildman–Crippen LogP) is 3.57. The van der Waals surface area contributed by atoms with Gasteiger partial charge in [0.25, 0.3) is 0 Å². The minimum absolute atomic E-state index is 0.309. The lowest BCUT2D eigenvalue weighted by Crippen LogP contribution is -2.37. The standard InChI is InChI=1S/C20H18NO2/c22-20(18-12-6-2-7-13-18)23-19(17-10-4-1-5-11-17)16-21-14-8-3-9-15-21/h1-15,19H,16H2/q+1/t19-/m1/s1. The topological polar surface area (TPSA) is 30.2 Å². The lowest BCUT2D eigenvalue weighted by molar-refractivity contribution is -0.704. The number of aromatic nitrogens is 1. The molecule has 114 valence electrons. The maximum atomic E-state index is 12.4. The van der Waals surface area contributed by atoms with E-state index in [1.807, 2.05) is 83.7 Å². The number of benzene rings is 2. The van der Waals surface area contributed by atoms with Gasteiger partial charge in [0.2, 0.25) is 0 Å². The first-order valence-corrected chi connectivity index (χ1v) is 7.58. The number of hydrogen-bond donors (Lipinski definition) is 0. The highest BCUT2D eigenvalue weighted by Gasteiger charge is 2.21. The van der Waals surface area contributed by atoms with Crippen molar-refractivity contribution in [3.05, 3.63) is 102 Å². The van der Waals surface area contributed by atoms with E-state index in [-0.39, 0.29) is 12.1 Å². The summed E-state index contributed by atoms with van der Waals surface area (Å²) in [6.45, 7) is 0.573. The number of nitrogens with zero attached hydrogens (tertiary/aromatic N) is 1. The van der Waals surface area contributed by atoms with Gasteiger partial charge < -0.3 is 4.74 Å². The van der Waals surface area contributed by atoms with Crippen LogP contribution < -0.4 is 4.57 Å². The van der Waals surface area contributed by atoms with Crippen LogP contribution in [0.2, 0.25) is 0 Å². The molecule has 2 aromatic carbocycles. The Morgan fingerprint density at radius 1 is 0.826 bits per heavy atom. The van der Waals surface area contributed by atoms with Crippen LogP contribution in [0.15, 0.2) is 91.3 Å². The van der Waals surface area contributed by atoms with E-state index in [1.165, 1.54) is 0 Å². The van der Waals surface area contributed by atoms with Gasteiger partial charge in [-0.1, -0.05) is 54.6 Å². The summed E-state index contributed by atoms with van der Waals surface area (Å²) < 4.78 is 7.78. The number of carbonyl (C=O) groups is 1. The molecule has 3 aromatic rings. The lowest BCUT2D eigenvalue weighted by Gasteiger charge is -2.15. The Kier molecular flexibility index (Phi) is 4.79. The third-order valence-corrected chi connectivity index (χ3v) is 3.58. The summed E-state index contributed by atoms with van der Waals surface area (Å²) in [5.41, 5.74) is 1.54. The highest BCUT2D eigenvalue weighted by Crippen LogP contribution is 2.19. The Labute approximate surface area is 135 Å². The number of rotatable bonds is 5. The minimum Gasteiger partial charge on any atom is -0.447 e. The second kappa shape index (κ2) is 7.36. The summed E-state index contributed by atoms with van der Waals surface area (Å²) in [6, 6.07) is 24.8. The second-order valence-electron chi connectivity index (χ2n) is 5.24. The maximum absolute atomic E-state index is 12.4. The van der Waals surface area contributed by atoms with Gasteiger partial charge in [-0.3, -0.25) is 0 Å². The highest BCUT2D eigenvalue weighted by molar-refractivity contribution is 5.89. The second-order valence-corrected chi connectivity index (χ2v) is 5.24. The van der Waals surface area contributed by atoms with Crippen LogP contribution in [-0.2, 0) is 11.3 Å².